The maximum absolute atomic E-state index is 6.70. The van der Waals surface area contributed by atoms with Crippen molar-refractivity contribution in [3.63, 3.8) is 0 Å². The van der Waals surface area contributed by atoms with Crippen LogP contribution in [0.15, 0.2) is 191 Å². The standard InChI is InChI=1S/C47H30N2O2/c1-3-11-31(12-4-1)32-19-24-37(25-20-32)49(36-14-5-2-6-15-36)38-26-21-33(22-27-38)40-29-34-13-7-8-16-39(34)45-41-30-35(23-28-43(41)50-46(40)45)47-48-42-17-9-10-18-44(42)51-47/h1-30H. The van der Waals surface area contributed by atoms with Gasteiger partial charge in [0.2, 0.25) is 5.89 Å². The highest BCUT2D eigenvalue weighted by Gasteiger charge is 2.19. The van der Waals surface area contributed by atoms with Gasteiger partial charge in [-0.3, -0.25) is 0 Å². The fourth-order valence-electron chi connectivity index (χ4n) is 7.22. The van der Waals surface area contributed by atoms with Crippen molar-refractivity contribution in [2.45, 2.75) is 0 Å². The summed E-state index contributed by atoms with van der Waals surface area (Å²) < 4.78 is 12.8. The second kappa shape index (κ2) is 11.9. The van der Waals surface area contributed by atoms with Crippen LogP contribution in [-0.2, 0) is 0 Å². The Morgan fingerprint density at radius 3 is 1.78 bits per heavy atom. The van der Waals surface area contributed by atoms with Crippen LogP contribution < -0.4 is 4.90 Å². The maximum Gasteiger partial charge on any atom is 0.227 e. The van der Waals surface area contributed by atoms with Gasteiger partial charge >= 0.3 is 0 Å². The zero-order chi connectivity index (χ0) is 33.7. The van der Waals surface area contributed by atoms with Crippen LogP contribution in [-0.4, -0.2) is 4.98 Å². The van der Waals surface area contributed by atoms with Gasteiger partial charge in [0, 0.05) is 39.0 Å². The predicted octanol–water partition coefficient (Wildman–Crippen LogP) is 13.4. The zero-order valence-electron chi connectivity index (χ0n) is 27.5. The summed E-state index contributed by atoms with van der Waals surface area (Å²) in [7, 11) is 0. The molecule has 4 heteroatoms. The number of aromatic nitrogens is 1. The molecule has 0 saturated heterocycles. The molecule has 51 heavy (non-hydrogen) atoms. The van der Waals surface area contributed by atoms with Gasteiger partial charge < -0.3 is 13.7 Å². The van der Waals surface area contributed by atoms with E-state index in [0.29, 0.717) is 5.89 Å². The van der Waals surface area contributed by atoms with Crippen LogP contribution in [0.25, 0.3) is 77.5 Å². The van der Waals surface area contributed by atoms with Crippen molar-refractivity contribution in [3.8, 4) is 33.7 Å². The van der Waals surface area contributed by atoms with Gasteiger partial charge in [-0.05, 0) is 100 Å². The molecule has 0 bridgehead atoms. The third-order valence-corrected chi connectivity index (χ3v) is 9.69. The number of nitrogens with zero attached hydrogens (tertiary/aromatic N) is 2. The molecule has 0 saturated carbocycles. The first kappa shape index (κ1) is 29.0. The molecule has 0 atom stereocenters. The number of fused-ring (bicyclic) bond motifs is 6. The Morgan fingerprint density at radius 2 is 1.02 bits per heavy atom. The van der Waals surface area contributed by atoms with Gasteiger partial charge in [-0.1, -0.05) is 109 Å². The highest BCUT2D eigenvalue weighted by molar-refractivity contribution is 6.23. The lowest BCUT2D eigenvalue weighted by Gasteiger charge is -2.26. The number of rotatable bonds is 6. The fourth-order valence-corrected chi connectivity index (χ4v) is 7.22. The van der Waals surface area contributed by atoms with Crippen LogP contribution in [0.5, 0.6) is 0 Å². The second-order valence-electron chi connectivity index (χ2n) is 12.8. The highest BCUT2D eigenvalue weighted by atomic mass is 16.3. The number of oxazole rings is 1. The molecule has 10 aromatic rings. The smallest absolute Gasteiger partial charge is 0.227 e. The Hall–Kier alpha value is -6.91. The van der Waals surface area contributed by atoms with Crippen LogP contribution >= 0.6 is 0 Å². The summed E-state index contributed by atoms with van der Waals surface area (Å²) in [5, 5.41) is 4.43. The van der Waals surface area contributed by atoms with Gasteiger partial charge in [0.1, 0.15) is 16.7 Å². The van der Waals surface area contributed by atoms with E-state index in [-0.39, 0.29) is 0 Å². The maximum atomic E-state index is 6.70. The molecule has 2 aromatic heterocycles. The molecule has 0 aliphatic carbocycles. The molecule has 0 aliphatic rings. The Kier molecular flexibility index (Phi) is 6.78. The lowest BCUT2D eigenvalue weighted by atomic mass is 9.96. The average molecular weight is 655 g/mol. The summed E-state index contributed by atoms with van der Waals surface area (Å²) >= 11 is 0. The average Bonchev–Trinajstić information content (AvgIpc) is 3.81. The molecule has 4 nitrogen and oxygen atoms in total. The Bertz CT molecular complexity index is 2800. The molecule has 0 unspecified atom stereocenters. The van der Waals surface area contributed by atoms with Gasteiger partial charge in [0.05, 0.1) is 0 Å². The lowest BCUT2D eigenvalue weighted by molar-refractivity contribution is 0.620. The second-order valence-corrected chi connectivity index (χ2v) is 12.8. The minimum absolute atomic E-state index is 0.598. The van der Waals surface area contributed by atoms with E-state index in [1.165, 1.54) is 11.1 Å². The minimum Gasteiger partial charge on any atom is -0.455 e. The number of furan rings is 1. The quantitative estimate of drug-likeness (QED) is 0.179. The van der Waals surface area contributed by atoms with Gasteiger partial charge in [0.15, 0.2) is 5.58 Å². The monoisotopic (exact) mass is 654 g/mol. The number of hydrogen-bond donors (Lipinski definition) is 0. The third-order valence-electron chi connectivity index (χ3n) is 9.69. The summed E-state index contributed by atoms with van der Waals surface area (Å²) in [4.78, 5) is 7.06. The van der Waals surface area contributed by atoms with Crippen molar-refractivity contribution in [2.75, 3.05) is 4.90 Å². The van der Waals surface area contributed by atoms with Crippen LogP contribution in [0.4, 0.5) is 17.1 Å². The molecular weight excluding hydrogens is 625 g/mol. The largest absolute Gasteiger partial charge is 0.455 e. The summed E-state index contributed by atoms with van der Waals surface area (Å²) in [6, 6.07) is 63.4. The van der Waals surface area contributed by atoms with E-state index in [2.05, 4.69) is 144 Å². The number of anilines is 3. The first-order valence-corrected chi connectivity index (χ1v) is 17.1. The van der Waals surface area contributed by atoms with E-state index in [1.54, 1.807) is 0 Å². The van der Waals surface area contributed by atoms with E-state index in [4.69, 9.17) is 13.8 Å². The van der Waals surface area contributed by atoms with E-state index in [1.807, 2.05) is 42.5 Å². The molecule has 0 radical (unpaired) electrons. The zero-order valence-corrected chi connectivity index (χ0v) is 27.5. The van der Waals surface area contributed by atoms with Gasteiger partial charge in [-0.25, -0.2) is 4.98 Å². The molecule has 0 spiro atoms. The lowest BCUT2D eigenvalue weighted by Crippen LogP contribution is -2.09. The molecule has 0 fully saturated rings. The summed E-state index contributed by atoms with van der Waals surface area (Å²) in [5.74, 6) is 0.598. The van der Waals surface area contributed by atoms with Gasteiger partial charge in [-0.2, -0.15) is 0 Å². The Morgan fingerprint density at radius 1 is 0.412 bits per heavy atom. The van der Waals surface area contributed by atoms with Crippen LogP contribution in [0.1, 0.15) is 0 Å². The topological polar surface area (TPSA) is 42.4 Å². The third kappa shape index (κ3) is 5.04. The van der Waals surface area contributed by atoms with Crippen LogP contribution in [0.3, 0.4) is 0 Å². The Balaban J connectivity index is 1.09. The molecule has 0 amide bonds. The van der Waals surface area contributed by atoms with E-state index in [9.17, 15) is 0 Å². The molecule has 240 valence electrons. The van der Waals surface area contributed by atoms with E-state index >= 15 is 0 Å². The summed E-state index contributed by atoms with van der Waals surface area (Å²) in [5.41, 5.74) is 12.0. The van der Waals surface area contributed by atoms with Crippen molar-refractivity contribution >= 4 is 60.9 Å². The first-order valence-electron chi connectivity index (χ1n) is 17.1. The molecule has 10 rings (SSSR count). The van der Waals surface area contributed by atoms with Crippen molar-refractivity contribution in [1.82, 2.24) is 4.98 Å². The number of benzene rings is 8. The summed E-state index contributed by atoms with van der Waals surface area (Å²) in [6.45, 7) is 0. The SMILES string of the molecule is c1ccc(-c2ccc(N(c3ccccc3)c3ccc(-c4cc5ccccc5c5c4oc4ccc(-c6nc7ccccc7o6)cc45)cc3)cc2)cc1. The predicted molar refractivity (Wildman–Crippen MR) is 210 cm³/mol. The minimum atomic E-state index is 0.598. The molecule has 0 aliphatic heterocycles. The van der Waals surface area contributed by atoms with E-state index < -0.39 is 0 Å². The fraction of sp³-hybridized carbons (Fsp3) is 0. The summed E-state index contributed by atoms with van der Waals surface area (Å²) in [6.07, 6.45) is 0. The first-order chi connectivity index (χ1) is 25.3. The number of para-hydroxylation sites is 3. The normalized spacial score (nSPS) is 11.5. The van der Waals surface area contributed by atoms with Crippen molar-refractivity contribution < 1.29 is 8.83 Å². The number of hydrogen-bond acceptors (Lipinski definition) is 4. The Labute approximate surface area is 294 Å². The van der Waals surface area contributed by atoms with Crippen LogP contribution in [0.2, 0.25) is 0 Å². The van der Waals surface area contributed by atoms with Crippen LogP contribution in [0, 0.1) is 0 Å². The van der Waals surface area contributed by atoms with Gasteiger partial charge in [-0.15, -0.1) is 0 Å². The van der Waals surface area contributed by atoms with E-state index in [0.717, 1.165) is 77.6 Å². The molecule has 2 heterocycles. The van der Waals surface area contributed by atoms with Crippen molar-refractivity contribution in [1.29, 1.82) is 0 Å². The molecule has 8 aromatic carbocycles. The highest BCUT2D eigenvalue weighted by Crippen LogP contribution is 2.43. The van der Waals surface area contributed by atoms with Gasteiger partial charge in [0.25, 0.3) is 0 Å². The molecular formula is C47H30N2O2. The van der Waals surface area contributed by atoms with Crippen molar-refractivity contribution in [2.24, 2.45) is 0 Å². The molecule has 0 N–H and O–H groups in total. The van der Waals surface area contributed by atoms with Crippen molar-refractivity contribution in [3.05, 3.63) is 182 Å².